The zero-order chi connectivity index (χ0) is 16.4. The molecule has 5 heteroatoms. The Hall–Kier alpha value is -2.82. The van der Waals surface area contributed by atoms with Crippen LogP contribution >= 0.6 is 0 Å². The van der Waals surface area contributed by atoms with Crippen molar-refractivity contribution in [1.29, 1.82) is 0 Å². The van der Waals surface area contributed by atoms with Crippen LogP contribution in [0.5, 0.6) is 0 Å². The number of furan rings is 1. The van der Waals surface area contributed by atoms with Crippen LogP contribution in [0.25, 0.3) is 21.9 Å². The third kappa shape index (κ3) is 3.18. The van der Waals surface area contributed by atoms with Crippen molar-refractivity contribution < 1.29 is 18.7 Å². The smallest absolute Gasteiger partial charge is 0.310 e. The second kappa shape index (κ2) is 6.12. The number of hydrogen-bond donors (Lipinski definition) is 1. The van der Waals surface area contributed by atoms with E-state index in [0.29, 0.717) is 12.2 Å². The van der Waals surface area contributed by atoms with Crippen molar-refractivity contribution in [2.45, 2.75) is 20.3 Å². The maximum atomic E-state index is 11.6. The van der Waals surface area contributed by atoms with Crippen molar-refractivity contribution in [2.75, 3.05) is 11.9 Å². The Bertz CT molecular complexity index is 895. The van der Waals surface area contributed by atoms with Crippen molar-refractivity contribution in [1.82, 2.24) is 0 Å². The van der Waals surface area contributed by atoms with Crippen molar-refractivity contribution in [2.24, 2.45) is 0 Å². The van der Waals surface area contributed by atoms with Gasteiger partial charge in [0.25, 0.3) is 0 Å². The molecule has 0 fully saturated rings. The summed E-state index contributed by atoms with van der Waals surface area (Å²) in [6.45, 7) is 3.63. The van der Waals surface area contributed by atoms with Crippen LogP contribution in [0, 0.1) is 0 Å². The van der Waals surface area contributed by atoms with Crippen LogP contribution < -0.4 is 5.32 Å². The Morgan fingerprint density at radius 1 is 1.09 bits per heavy atom. The van der Waals surface area contributed by atoms with Gasteiger partial charge in [-0.05, 0) is 36.8 Å². The zero-order valence-electron chi connectivity index (χ0n) is 13.0. The van der Waals surface area contributed by atoms with Gasteiger partial charge < -0.3 is 14.5 Å². The SMILES string of the molecule is CCOC(=O)Cc1ccc2c(c1)oc1ccc(NC(C)=O)cc12. The molecule has 3 aromatic rings. The van der Waals surface area contributed by atoms with Gasteiger partial charge >= 0.3 is 5.97 Å². The lowest BCUT2D eigenvalue weighted by Gasteiger charge is -2.02. The maximum Gasteiger partial charge on any atom is 0.310 e. The number of anilines is 1. The summed E-state index contributed by atoms with van der Waals surface area (Å²) in [5.74, 6) is -0.371. The molecule has 0 aliphatic rings. The van der Waals surface area contributed by atoms with Crippen LogP contribution in [0.2, 0.25) is 0 Å². The van der Waals surface area contributed by atoms with E-state index >= 15 is 0 Å². The third-order valence-corrected chi connectivity index (χ3v) is 3.51. The highest BCUT2D eigenvalue weighted by atomic mass is 16.5. The number of nitrogens with one attached hydrogen (secondary N) is 1. The molecule has 118 valence electrons. The van der Waals surface area contributed by atoms with E-state index in [2.05, 4.69) is 5.32 Å². The Morgan fingerprint density at radius 2 is 1.91 bits per heavy atom. The first-order valence-electron chi connectivity index (χ1n) is 7.45. The zero-order valence-corrected chi connectivity index (χ0v) is 13.0. The standard InChI is InChI=1S/C18H17NO4/c1-3-22-18(21)9-12-4-6-14-15-10-13(19-11(2)20)5-7-16(15)23-17(14)8-12/h4-8,10H,3,9H2,1-2H3,(H,19,20). The molecule has 0 unspecified atom stereocenters. The van der Waals surface area contributed by atoms with Crippen LogP contribution in [0.3, 0.4) is 0 Å². The molecule has 0 saturated heterocycles. The number of ether oxygens (including phenoxy) is 1. The van der Waals surface area contributed by atoms with E-state index in [0.717, 1.165) is 27.6 Å². The summed E-state index contributed by atoms with van der Waals surface area (Å²) >= 11 is 0. The van der Waals surface area contributed by atoms with Gasteiger partial charge in [-0.3, -0.25) is 9.59 Å². The summed E-state index contributed by atoms with van der Waals surface area (Å²) < 4.78 is 10.8. The lowest BCUT2D eigenvalue weighted by Crippen LogP contribution is -2.07. The second-order valence-corrected chi connectivity index (χ2v) is 5.31. The van der Waals surface area contributed by atoms with Gasteiger partial charge in [-0.25, -0.2) is 0 Å². The molecule has 1 N–H and O–H groups in total. The lowest BCUT2D eigenvalue weighted by atomic mass is 10.1. The Kier molecular flexibility index (Phi) is 4.02. The van der Waals surface area contributed by atoms with E-state index in [1.165, 1.54) is 6.92 Å². The number of rotatable bonds is 4. The largest absolute Gasteiger partial charge is 0.466 e. The van der Waals surface area contributed by atoms with Gasteiger partial charge in [0.2, 0.25) is 5.91 Å². The Balaban J connectivity index is 1.99. The average molecular weight is 311 g/mol. The van der Waals surface area contributed by atoms with Gasteiger partial charge in [-0.15, -0.1) is 0 Å². The molecule has 23 heavy (non-hydrogen) atoms. The minimum Gasteiger partial charge on any atom is -0.466 e. The van der Waals surface area contributed by atoms with E-state index in [1.54, 1.807) is 13.0 Å². The summed E-state index contributed by atoms with van der Waals surface area (Å²) in [6, 6.07) is 11.2. The monoisotopic (exact) mass is 311 g/mol. The first-order valence-corrected chi connectivity index (χ1v) is 7.45. The van der Waals surface area contributed by atoms with E-state index in [1.807, 2.05) is 30.3 Å². The third-order valence-electron chi connectivity index (χ3n) is 3.51. The molecular weight excluding hydrogens is 294 g/mol. The first-order chi connectivity index (χ1) is 11.1. The number of esters is 1. The number of amides is 1. The molecule has 0 aliphatic heterocycles. The summed E-state index contributed by atoms with van der Waals surface area (Å²) in [4.78, 5) is 22.7. The molecule has 2 aromatic carbocycles. The van der Waals surface area contributed by atoms with Crippen LogP contribution in [-0.4, -0.2) is 18.5 Å². The lowest BCUT2D eigenvalue weighted by molar-refractivity contribution is -0.142. The topological polar surface area (TPSA) is 68.5 Å². The van der Waals surface area contributed by atoms with Crippen molar-refractivity contribution in [3.63, 3.8) is 0 Å². The maximum absolute atomic E-state index is 11.6. The van der Waals surface area contributed by atoms with Crippen LogP contribution in [0.4, 0.5) is 5.69 Å². The molecule has 0 spiro atoms. The van der Waals surface area contributed by atoms with Crippen LogP contribution in [0.1, 0.15) is 19.4 Å². The minimum absolute atomic E-state index is 0.117. The molecule has 5 nitrogen and oxygen atoms in total. The highest BCUT2D eigenvalue weighted by molar-refractivity contribution is 6.07. The van der Waals surface area contributed by atoms with Gasteiger partial charge in [0, 0.05) is 23.4 Å². The molecule has 1 amide bonds. The molecule has 0 atom stereocenters. The predicted octanol–water partition coefficient (Wildman–Crippen LogP) is 3.65. The summed E-state index contributed by atoms with van der Waals surface area (Å²) in [5.41, 5.74) is 3.02. The fourth-order valence-electron chi connectivity index (χ4n) is 2.59. The highest BCUT2D eigenvalue weighted by Gasteiger charge is 2.11. The van der Waals surface area contributed by atoms with Gasteiger partial charge in [0.15, 0.2) is 0 Å². The molecule has 1 heterocycles. The van der Waals surface area contributed by atoms with Gasteiger partial charge in [-0.1, -0.05) is 12.1 Å². The summed E-state index contributed by atoms with van der Waals surface area (Å²) in [6.07, 6.45) is 0.220. The molecule has 1 aromatic heterocycles. The quantitative estimate of drug-likeness (QED) is 0.747. The average Bonchev–Trinajstić information content (AvgIpc) is 2.84. The molecule has 0 radical (unpaired) electrons. The fourth-order valence-corrected chi connectivity index (χ4v) is 2.59. The summed E-state index contributed by atoms with van der Waals surface area (Å²) in [7, 11) is 0. The van der Waals surface area contributed by atoms with E-state index < -0.39 is 0 Å². The van der Waals surface area contributed by atoms with Crippen molar-refractivity contribution in [3.05, 3.63) is 42.0 Å². The minimum atomic E-state index is -0.254. The Morgan fingerprint density at radius 3 is 2.65 bits per heavy atom. The van der Waals surface area contributed by atoms with Crippen LogP contribution in [0.15, 0.2) is 40.8 Å². The Labute approximate surface area is 133 Å². The number of hydrogen-bond acceptors (Lipinski definition) is 4. The van der Waals surface area contributed by atoms with Crippen LogP contribution in [-0.2, 0) is 20.7 Å². The number of carbonyl (C=O) groups is 2. The fraction of sp³-hybridized carbons (Fsp3) is 0.222. The van der Waals surface area contributed by atoms with Gasteiger partial charge in [-0.2, -0.15) is 0 Å². The number of fused-ring (bicyclic) bond motifs is 3. The predicted molar refractivity (Wildman–Crippen MR) is 88.4 cm³/mol. The molecule has 3 rings (SSSR count). The van der Waals surface area contributed by atoms with Crippen molar-refractivity contribution >= 4 is 39.5 Å². The molecular formula is C18H17NO4. The van der Waals surface area contributed by atoms with E-state index in [9.17, 15) is 9.59 Å². The number of carbonyl (C=O) groups excluding carboxylic acids is 2. The molecule has 0 bridgehead atoms. The number of benzene rings is 2. The van der Waals surface area contributed by atoms with Gasteiger partial charge in [0.1, 0.15) is 11.2 Å². The second-order valence-electron chi connectivity index (χ2n) is 5.31. The van der Waals surface area contributed by atoms with E-state index in [-0.39, 0.29) is 18.3 Å². The first kappa shape index (κ1) is 15.1. The van der Waals surface area contributed by atoms with Crippen molar-refractivity contribution in [3.8, 4) is 0 Å². The van der Waals surface area contributed by atoms with Gasteiger partial charge in [0.05, 0.1) is 13.0 Å². The normalized spacial score (nSPS) is 10.9. The molecule has 0 saturated carbocycles. The van der Waals surface area contributed by atoms with E-state index in [4.69, 9.17) is 9.15 Å². The molecule has 0 aliphatic carbocycles. The summed E-state index contributed by atoms with van der Waals surface area (Å²) in [5, 5.41) is 4.63. The highest BCUT2D eigenvalue weighted by Crippen LogP contribution is 2.31.